The molecule has 1 aliphatic heterocycles. The van der Waals surface area contributed by atoms with Crippen LogP contribution < -0.4 is 10.2 Å². The van der Waals surface area contributed by atoms with Gasteiger partial charge in [0.05, 0.1) is 0 Å². The molecule has 2 aliphatic rings. The van der Waals surface area contributed by atoms with Crippen molar-refractivity contribution in [1.82, 2.24) is 20.2 Å². The summed E-state index contributed by atoms with van der Waals surface area (Å²) in [5.74, 6) is 1.70. The van der Waals surface area contributed by atoms with Crippen LogP contribution in [0.5, 0.6) is 0 Å². The van der Waals surface area contributed by atoms with E-state index in [1.807, 2.05) is 18.5 Å². The molecule has 21 heavy (non-hydrogen) atoms. The minimum Gasteiger partial charge on any atom is -0.338 e. The predicted molar refractivity (Wildman–Crippen MR) is 85.5 cm³/mol. The van der Waals surface area contributed by atoms with Crippen LogP contribution in [0.25, 0.3) is 0 Å². The van der Waals surface area contributed by atoms with Crippen LogP contribution in [0.3, 0.4) is 0 Å². The van der Waals surface area contributed by atoms with Crippen LogP contribution >= 0.6 is 0 Å². The lowest BCUT2D eigenvalue weighted by atomic mass is 9.84. The highest BCUT2D eigenvalue weighted by Gasteiger charge is 2.27. The van der Waals surface area contributed by atoms with E-state index in [0.717, 1.165) is 38.0 Å². The van der Waals surface area contributed by atoms with E-state index >= 15 is 0 Å². The molecule has 116 valence electrons. The molecule has 0 aromatic carbocycles. The monoisotopic (exact) mass is 289 g/mol. The molecule has 2 unspecified atom stereocenters. The third-order valence-corrected chi connectivity index (χ3v) is 4.98. The van der Waals surface area contributed by atoms with Gasteiger partial charge in [0, 0.05) is 51.2 Å². The Hall–Kier alpha value is -1.20. The Labute approximate surface area is 127 Å². The number of nitrogens with zero attached hydrogens (tertiary/aromatic N) is 4. The average Bonchev–Trinajstić information content (AvgIpc) is 2.57. The van der Waals surface area contributed by atoms with Gasteiger partial charge in [0.2, 0.25) is 5.95 Å². The molecule has 0 amide bonds. The number of nitrogens with one attached hydrogen (secondary N) is 1. The van der Waals surface area contributed by atoms with Crippen molar-refractivity contribution in [3.8, 4) is 0 Å². The molecule has 2 atom stereocenters. The molecular weight excluding hydrogens is 262 g/mol. The second-order valence-electron chi connectivity index (χ2n) is 6.28. The summed E-state index contributed by atoms with van der Waals surface area (Å²) in [6, 6.07) is 2.59. The Balaban J connectivity index is 1.49. The second kappa shape index (κ2) is 7.18. The number of piperazine rings is 1. The Morgan fingerprint density at radius 2 is 1.81 bits per heavy atom. The van der Waals surface area contributed by atoms with Crippen LogP contribution in [-0.2, 0) is 0 Å². The van der Waals surface area contributed by atoms with E-state index in [2.05, 4.69) is 32.1 Å². The molecule has 1 aromatic rings. The first kappa shape index (κ1) is 14.7. The van der Waals surface area contributed by atoms with Crippen molar-refractivity contribution in [2.75, 3.05) is 44.7 Å². The summed E-state index contributed by atoms with van der Waals surface area (Å²) in [5.41, 5.74) is 0. The van der Waals surface area contributed by atoms with Gasteiger partial charge >= 0.3 is 0 Å². The summed E-state index contributed by atoms with van der Waals surface area (Å²) in [6.07, 6.45) is 9.18. The quantitative estimate of drug-likeness (QED) is 0.907. The van der Waals surface area contributed by atoms with Crippen molar-refractivity contribution in [2.24, 2.45) is 5.92 Å². The van der Waals surface area contributed by atoms with Gasteiger partial charge in [0.1, 0.15) is 0 Å². The molecule has 2 fully saturated rings. The van der Waals surface area contributed by atoms with Crippen molar-refractivity contribution >= 4 is 5.95 Å². The maximum Gasteiger partial charge on any atom is 0.225 e. The number of hydrogen-bond acceptors (Lipinski definition) is 5. The van der Waals surface area contributed by atoms with E-state index < -0.39 is 0 Å². The highest BCUT2D eigenvalue weighted by atomic mass is 15.3. The summed E-state index contributed by atoms with van der Waals surface area (Å²) in [5, 5.41) is 3.52. The second-order valence-corrected chi connectivity index (χ2v) is 6.28. The molecule has 0 spiro atoms. The summed E-state index contributed by atoms with van der Waals surface area (Å²) in [6.45, 7) is 5.59. The Morgan fingerprint density at radius 1 is 1.10 bits per heavy atom. The van der Waals surface area contributed by atoms with Gasteiger partial charge in [0.15, 0.2) is 0 Å². The third-order valence-electron chi connectivity index (χ3n) is 4.98. The lowest BCUT2D eigenvalue weighted by Crippen LogP contribution is -2.50. The van der Waals surface area contributed by atoms with Crippen LogP contribution in [-0.4, -0.2) is 60.7 Å². The van der Waals surface area contributed by atoms with Gasteiger partial charge in [-0.05, 0) is 31.9 Å². The Morgan fingerprint density at radius 3 is 2.52 bits per heavy atom. The van der Waals surface area contributed by atoms with E-state index in [4.69, 9.17) is 0 Å². The number of hydrogen-bond donors (Lipinski definition) is 1. The van der Waals surface area contributed by atoms with E-state index in [9.17, 15) is 0 Å². The molecule has 3 rings (SSSR count). The molecule has 2 heterocycles. The fourth-order valence-electron chi connectivity index (χ4n) is 3.72. The first-order chi connectivity index (χ1) is 10.4. The zero-order valence-electron chi connectivity index (χ0n) is 13.0. The van der Waals surface area contributed by atoms with Crippen LogP contribution in [0.1, 0.15) is 25.7 Å². The Kier molecular flexibility index (Phi) is 5.04. The molecule has 1 saturated carbocycles. The van der Waals surface area contributed by atoms with E-state index in [1.165, 1.54) is 32.2 Å². The molecule has 1 N–H and O–H groups in total. The fourth-order valence-corrected chi connectivity index (χ4v) is 3.72. The predicted octanol–water partition coefficient (Wildman–Crippen LogP) is 1.38. The molecule has 0 bridgehead atoms. The third kappa shape index (κ3) is 3.71. The van der Waals surface area contributed by atoms with Crippen LogP contribution in [0.15, 0.2) is 18.5 Å². The van der Waals surface area contributed by atoms with Crippen molar-refractivity contribution in [3.05, 3.63) is 18.5 Å². The molecule has 1 saturated heterocycles. The fraction of sp³-hybridized carbons (Fsp3) is 0.750. The number of anilines is 1. The van der Waals surface area contributed by atoms with Gasteiger partial charge in [-0.25, -0.2) is 9.97 Å². The van der Waals surface area contributed by atoms with Gasteiger partial charge < -0.3 is 10.2 Å². The molecule has 5 nitrogen and oxygen atoms in total. The maximum atomic E-state index is 4.35. The lowest BCUT2D eigenvalue weighted by molar-refractivity contribution is 0.165. The minimum atomic E-state index is 0.717. The summed E-state index contributed by atoms with van der Waals surface area (Å²) in [4.78, 5) is 13.6. The van der Waals surface area contributed by atoms with Gasteiger partial charge in [-0.3, -0.25) is 4.90 Å². The van der Waals surface area contributed by atoms with Crippen molar-refractivity contribution in [2.45, 2.75) is 31.7 Å². The molecule has 1 aliphatic carbocycles. The lowest BCUT2D eigenvalue weighted by Gasteiger charge is -2.39. The number of rotatable bonds is 4. The first-order valence-corrected chi connectivity index (χ1v) is 8.28. The SMILES string of the molecule is CNC1CCCCC1CN1CCN(c2ncccn2)CC1. The normalized spacial score (nSPS) is 27.8. The molecular formula is C16H27N5. The topological polar surface area (TPSA) is 44.3 Å². The first-order valence-electron chi connectivity index (χ1n) is 8.28. The van der Waals surface area contributed by atoms with Crippen LogP contribution in [0.2, 0.25) is 0 Å². The van der Waals surface area contributed by atoms with Gasteiger partial charge in [-0.15, -0.1) is 0 Å². The highest BCUT2D eigenvalue weighted by Crippen LogP contribution is 2.25. The number of aromatic nitrogens is 2. The van der Waals surface area contributed by atoms with E-state index in [1.54, 1.807) is 0 Å². The zero-order valence-corrected chi connectivity index (χ0v) is 13.0. The zero-order chi connectivity index (χ0) is 14.5. The molecule has 5 heteroatoms. The summed E-state index contributed by atoms with van der Waals surface area (Å²) >= 11 is 0. The van der Waals surface area contributed by atoms with Crippen molar-refractivity contribution in [1.29, 1.82) is 0 Å². The summed E-state index contributed by atoms with van der Waals surface area (Å²) in [7, 11) is 2.12. The van der Waals surface area contributed by atoms with E-state index in [-0.39, 0.29) is 0 Å². The standard InChI is InChI=1S/C16H27N5/c1-17-15-6-3-2-5-14(15)13-20-9-11-21(12-10-20)16-18-7-4-8-19-16/h4,7-8,14-15,17H,2-3,5-6,9-13H2,1H3. The Bertz CT molecular complexity index is 416. The van der Waals surface area contributed by atoms with Gasteiger partial charge in [0.25, 0.3) is 0 Å². The minimum absolute atomic E-state index is 0.717. The highest BCUT2D eigenvalue weighted by molar-refractivity contribution is 5.29. The largest absolute Gasteiger partial charge is 0.338 e. The van der Waals surface area contributed by atoms with Crippen LogP contribution in [0, 0.1) is 5.92 Å². The smallest absolute Gasteiger partial charge is 0.225 e. The summed E-state index contributed by atoms with van der Waals surface area (Å²) < 4.78 is 0. The van der Waals surface area contributed by atoms with Gasteiger partial charge in [-0.1, -0.05) is 12.8 Å². The van der Waals surface area contributed by atoms with Crippen molar-refractivity contribution < 1.29 is 0 Å². The average molecular weight is 289 g/mol. The van der Waals surface area contributed by atoms with E-state index in [0.29, 0.717) is 6.04 Å². The maximum absolute atomic E-state index is 4.35. The molecule has 1 aromatic heterocycles. The van der Waals surface area contributed by atoms with Crippen molar-refractivity contribution in [3.63, 3.8) is 0 Å². The molecule has 0 radical (unpaired) electrons. The van der Waals surface area contributed by atoms with Gasteiger partial charge in [-0.2, -0.15) is 0 Å². The van der Waals surface area contributed by atoms with Crippen LogP contribution in [0.4, 0.5) is 5.95 Å².